The van der Waals surface area contributed by atoms with Crippen LogP contribution in [0.1, 0.15) is 17.5 Å². The van der Waals surface area contributed by atoms with Crippen molar-refractivity contribution in [2.24, 2.45) is 0 Å². The lowest BCUT2D eigenvalue weighted by Crippen LogP contribution is -2.44. The summed E-state index contributed by atoms with van der Waals surface area (Å²) >= 11 is 1.56. The van der Waals surface area contributed by atoms with Gasteiger partial charge in [0.1, 0.15) is 6.04 Å². The van der Waals surface area contributed by atoms with Crippen LogP contribution in [0.25, 0.3) is 0 Å². The van der Waals surface area contributed by atoms with Crippen molar-refractivity contribution in [2.75, 3.05) is 31.2 Å². The Morgan fingerprint density at radius 1 is 1.20 bits per heavy atom. The van der Waals surface area contributed by atoms with Gasteiger partial charge in [-0.25, -0.2) is 0 Å². The number of hydrogen-bond donors (Lipinski definition) is 1. The normalized spacial score (nSPS) is 15.4. The molecule has 1 saturated heterocycles. The fourth-order valence-electron chi connectivity index (χ4n) is 3.30. The molecule has 1 N–H and O–H groups in total. The fourth-order valence-corrected chi connectivity index (χ4v) is 4.48. The SMILES string of the molecule is COc1cccc(CCC(=O)N2CSCC2C(=O)Nc2ccc(C#N)cc2)c1OC. The Balaban J connectivity index is 1.63. The van der Waals surface area contributed by atoms with E-state index in [1.165, 1.54) is 0 Å². The number of benzene rings is 2. The number of carbonyl (C=O) groups excluding carboxylic acids is 2. The average molecular weight is 426 g/mol. The summed E-state index contributed by atoms with van der Waals surface area (Å²) in [5.74, 6) is 1.98. The number of para-hydroxylation sites is 1. The van der Waals surface area contributed by atoms with Crippen LogP contribution in [0.3, 0.4) is 0 Å². The maximum absolute atomic E-state index is 12.8. The highest BCUT2D eigenvalue weighted by Gasteiger charge is 2.34. The molecule has 1 aliphatic rings. The molecule has 1 heterocycles. The second-order valence-corrected chi connectivity index (χ2v) is 7.71. The molecule has 2 aromatic rings. The molecule has 7 nitrogen and oxygen atoms in total. The van der Waals surface area contributed by atoms with Gasteiger partial charge in [0.05, 0.1) is 31.7 Å². The molecule has 2 amide bonds. The van der Waals surface area contributed by atoms with Crippen molar-refractivity contribution in [3.63, 3.8) is 0 Å². The van der Waals surface area contributed by atoms with Crippen molar-refractivity contribution in [3.05, 3.63) is 53.6 Å². The molecule has 2 aromatic carbocycles. The predicted octanol–water partition coefficient (Wildman–Crippen LogP) is 3.05. The standard InChI is InChI=1S/C22H23N3O4S/c1-28-19-5-3-4-16(21(19)29-2)8-11-20(26)25-14-30-13-18(25)22(27)24-17-9-6-15(12-23)7-10-17/h3-7,9-10,18H,8,11,13-14H2,1-2H3,(H,24,27). The lowest BCUT2D eigenvalue weighted by atomic mass is 10.1. The molecule has 0 radical (unpaired) electrons. The average Bonchev–Trinajstić information content (AvgIpc) is 3.27. The quantitative estimate of drug-likeness (QED) is 0.733. The molecule has 156 valence electrons. The first kappa shape index (κ1) is 21.5. The number of methoxy groups -OCH3 is 2. The van der Waals surface area contributed by atoms with Gasteiger partial charge in [-0.3, -0.25) is 9.59 Å². The molecule has 1 fully saturated rings. The van der Waals surface area contributed by atoms with Gasteiger partial charge in [0.2, 0.25) is 11.8 Å². The Morgan fingerprint density at radius 3 is 2.63 bits per heavy atom. The van der Waals surface area contributed by atoms with E-state index in [0.717, 1.165) is 5.56 Å². The van der Waals surface area contributed by atoms with Crippen molar-refractivity contribution in [3.8, 4) is 17.6 Å². The maximum Gasteiger partial charge on any atom is 0.248 e. The smallest absolute Gasteiger partial charge is 0.248 e. The van der Waals surface area contributed by atoms with Crippen molar-refractivity contribution < 1.29 is 19.1 Å². The Labute approximate surface area is 180 Å². The lowest BCUT2D eigenvalue weighted by molar-refractivity contribution is -0.136. The summed E-state index contributed by atoms with van der Waals surface area (Å²) in [5, 5.41) is 11.7. The summed E-state index contributed by atoms with van der Waals surface area (Å²) in [6.07, 6.45) is 0.759. The topological polar surface area (TPSA) is 91.7 Å². The Morgan fingerprint density at radius 2 is 1.97 bits per heavy atom. The van der Waals surface area contributed by atoms with Gasteiger partial charge in [-0.1, -0.05) is 12.1 Å². The molecule has 0 aromatic heterocycles. The van der Waals surface area contributed by atoms with E-state index in [0.29, 0.717) is 40.8 Å². The molecule has 0 saturated carbocycles. The largest absolute Gasteiger partial charge is 0.493 e. The van der Waals surface area contributed by atoms with E-state index in [1.54, 1.807) is 55.1 Å². The number of nitrogens with one attached hydrogen (secondary N) is 1. The molecule has 1 unspecified atom stereocenters. The van der Waals surface area contributed by atoms with E-state index >= 15 is 0 Å². The van der Waals surface area contributed by atoms with Gasteiger partial charge in [-0.05, 0) is 42.3 Å². The Hall–Kier alpha value is -3.18. The van der Waals surface area contributed by atoms with Crippen LogP contribution in [0.5, 0.6) is 11.5 Å². The first-order valence-corrected chi connectivity index (χ1v) is 10.6. The first-order valence-electron chi connectivity index (χ1n) is 9.45. The minimum Gasteiger partial charge on any atom is -0.493 e. The zero-order valence-corrected chi connectivity index (χ0v) is 17.7. The van der Waals surface area contributed by atoms with E-state index in [2.05, 4.69) is 5.32 Å². The molecule has 1 aliphatic heterocycles. The molecular weight excluding hydrogens is 402 g/mol. The van der Waals surface area contributed by atoms with Crippen molar-refractivity contribution in [1.82, 2.24) is 4.90 Å². The van der Waals surface area contributed by atoms with Crippen molar-refractivity contribution >= 4 is 29.3 Å². The Kier molecular flexibility index (Phi) is 7.20. The number of ether oxygens (including phenoxy) is 2. The van der Waals surface area contributed by atoms with E-state index in [-0.39, 0.29) is 18.2 Å². The molecule has 1 atom stereocenters. The number of hydrogen-bond acceptors (Lipinski definition) is 6. The van der Waals surface area contributed by atoms with E-state index in [1.807, 2.05) is 24.3 Å². The third-order valence-electron chi connectivity index (χ3n) is 4.88. The van der Waals surface area contributed by atoms with Gasteiger partial charge in [-0.2, -0.15) is 5.26 Å². The van der Waals surface area contributed by atoms with Crippen LogP contribution in [-0.2, 0) is 16.0 Å². The monoisotopic (exact) mass is 425 g/mol. The summed E-state index contributed by atoms with van der Waals surface area (Å²) in [6.45, 7) is 0. The second-order valence-electron chi connectivity index (χ2n) is 6.71. The fraction of sp³-hybridized carbons (Fsp3) is 0.318. The minimum absolute atomic E-state index is 0.0788. The molecule has 0 bridgehead atoms. The van der Waals surface area contributed by atoms with Crippen molar-refractivity contribution in [1.29, 1.82) is 5.26 Å². The molecule has 8 heteroatoms. The van der Waals surface area contributed by atoms with E-state index in [9.17, 15) is 9.59 Å². The van der Waals surface area contributed by atoms with Crippen LogP contribution in [0.2, 0.25) is 0 Å². The molecule has 0 aliphatic carbocycles. The minimum atomic E-state index is -0.523. The Bertz CT molecular complexity index is 956. The summed E-state index contributed by atoms with van der Waals surface area (Å²) in [6, 6.07) is 13.7. The van der Waals surface area contributed by atoms with Crippen LogP contribution in [0.15, 0.2) is 42.5 Å². The van der Waals surface area contributed by atoms with Gasteiger partial charge < -0.3 is 19.7 Å². The van der Waals surface area contributed by atoms with E-state index in [4.69, 9.17) is 14.7 Å². The number of carbonyl (C=O) groups is 2. The highest BCUT2D eigenvalue weighted by atomic mass is 32.2. The van der Waals surface area contributed by atoms with Crippen LogP contribution >= 0.6 is 11.8 Å². The maximum atomic E-state index is 12.8. The number of nitrogens with zero attached hydrogens (tertiary/aromatic N) is 2. The number of thioether (sulfide) groups is 1. The molecular formula is C22H23N3O4S. The zero-order valence-electron chi connectivity index (χ0n) is 16.9. The summed E-state index contributed by atoms with van der Waals surface area (Å²) in [5.41, 5.74) is 2.01. The lowest BCUT2D eigenvalue weighted by Gasteiger charge is -2.23. The number of amides is 2. The second kappa shape index (κ2) is 10.0. The third kappa shape index (κ3) is 4.86. The third-order valence-corrected chi connectivity index (χ3v) is 5.89. The van der Waals surface area contributed by atoms with Crippen LogP contribution in [-0.4, -0.2) is 48.6 Å². The number of aryl methyl sites for hydroxylation is 1. The van der Waals surface area contributed by atoms with Crippen molar-refractivity contribution in [2.45, 2.75) is 18.9 Å². The summed E-state index contributed by atoms with van der Waals surface area (Å²) < 4.78 is 10.7. The first-order chi connectivity index (χ1) is 14.6. The molecule has 0 spiro atoms. The predicted molar refractivity (Wildman–Crippen MR) is 116 cm³/mol. The van der Waals surface area contributed by atoms with Gasteiger partial charge >= 0.3 is 0 Å². The molecule has 3 rings (SSSR count). The highest BCUT2D eigenvalue weighted by Crippen LogP contribution is 2.32. The molecule has 30 heavy (non-hydrogen) atoms. The van der Waals surface area contributed by atoms with Crippen LogP contribution < -0.4 is 14.8 Å². The van der Waals surface area contributed by atoms with Gasteiger partial charge in [0.25, 0.3) is 0 Å². The van der Waals surface area contributed by atoms with E-state index < -0.39 is 6.04 Å². The van der Waals surface area contributed by atoms with Gasteiger partial charge in [0, 0.05) is 17.9 Å². The number of anilines is 1. The summed E-state index contributed by atoms with van der Waals surface area (Å²) in [4.78, 5) is 27.2. The zero-order chi connectivity index (χ0) is 21.5. The summed E-state index contributed by atoms with van der Waals surface area (Å²) in [7, 11) is 3.15. The van der Waals surface area contributed by atoms with Gasteiger partial charge in [0.15, 0.2) is 11.5 Å². The van der Waals surface area contributed by atoms with Gasteiger partial charge in [-0.15, -0.1) is 11.8 Å². The van der Waals surface area contributed by atoms with Crippen LogP contribution in [0.4, 0.5) is 5.69 Å². The number of nitriles is 1. The van der Waals surface area contributed by atoms with Crippen LogP contribution in [0, 0.1) is 11.3 Å². The highest BCUT2D eigenvalue weighted by molar-refractivity contribution is 7.99. The number of rotatable bonds is 7.